The van der Waals surface area contributed by atoms with Gasteiger partial charge in [0, 0.05) is 12.1 Å². The molecule has 0 atom stereocenters. The van der Waals surface area contributed by atoms with E-state index < -0.39 is 26.2 Å². The molecular formula is C9H8N4O6S. The van der Waals surface area contributed by atoms with Crippen molar-refractivity contribution in [1.29, 1.82) is 0 Å². The van der Waals surface area contributed by atoms with Gasteiger partial charge in [0.05, 0.1) is 22.1 Å². The first-order chi connectivity index (χ1) is 9.19. The Hall–Kier alpha value is -2.69. The maximum Gasteiger partial charge on any atom is 0.348 e. The molecule has 0 aliphatic heterocycles. The summed E-state index contributed by atoms with van der Waals surface area (Å²) in [5.41, 5.74) is -2.33. The zero-order chi connectivity index (χ0) is 15.1. The van der Waals surface area contributed by atoms with Gasteiger partial charge in [-0.1, -0.05) is 0 Å². The molecule has 0 amide bonds. The lowest BCUT2D eigenvalue weighted by Crippen LogP contribution is -2.43. The molecule has 0 spiro atoms. The van der Waals surface area contributed by atoms with Crippen LogP contribution in [-0.4, -0.2) is 29.3 Å². The smallest absolute Gasteiger partial charge is 0.305 e. The predicted molar refractivity (Wildman–Crippen MR) is 69.7 cm³/mol. The summed E-state index contributed by atoms with van der Waals surface area (Å²) in [7, 11) is -3.83. The van der Waals surface area contributed by atoms with Gasteiger partial charge in [-0.15, -0.1) is 0 Å². The summed E-state index contributed by atoms with van der Waals surface area (Å²) >= 11 is 0. The van der Waals surface area contributed by atoms with E-state index in [2.05, 4.69) is 4.98 Å². The van der Waals surface area contributed by atoms with Gasteiger partial charge in [-0.25, -0.2) is 18.0 Å². The average Bonchev–Trinajstić information content (AvgIpc) is 2.32. The number of fused-ring (bicyclic) bond motifs is 1. The molecular weight excluding hydrogens is 292 g/mol. The minimum Gasteiger partial charge on any atom is -0.305 e. The Balaban J connectivity index is 2.78. The molecule has 0 radical (unpaired) electrons. The number of benzene rings is 1. The van der Waals surface area contributed by atoms with Crippen LogP contribution in [0.25, 0.3) is 10.9 Å². The summed E-state index contributed by atoms with van der Waals surface area (Å²) in [6.07, 6.45) is 0.777. The van der Waals surface area contributed by atoms with E-state index in [-0.39, 0.29) is 21.3 Å². The van der Waals surface area contributed by atoms with Crippen molar-refractivity contribution in [3.8, 4) is 0 Å². The van der Waals surface area contributed by atoms with Gasteiger partial charge in [-0.05, 0) is 6.07 Å². The minimum atomic E-state index is -3.83. The molecule has 2 N–H and O–H groups in total. The number of hydrogen-bond acceptors (Lipinski definition) is 6. The number of rotatable bonds is 3. The van der Waals surface area contributed by atoms with Crippen molar-refractivity contribution in [3.05, 3.63) is 49.2 Å². The molecule has 0 unspecified atom stereocenters. The fourth-order valence-electron chi connectivity index (χ4n) is 1.57. The highest BCUT2D eigenvalue weighted by Gasteiger charge is 2.13. The molecule has 11 heteroatoms. The second-order valence-corrected chi connectivity index (χ2v) is 5.65. The third kappa shape index (κ3) is 2.51. The molecule has 1 heterocycles. The standard InChI is InChI=1S/C9H8N4O6S/c1-20(18,19)11-12-8(14)6-3-2-5(13(16)17)4-7(6)10-9(12)15/h2-4,11H,1H3,(H,10,15). The molecule has 1 aromatic carbocycles. The number of sulfonamides is 1. The first-order valence-corrected chi connectivity index (χ1v) is 6.99. The molecule has 0 bridgehead atoms. The second kappa shape index (κ2) is 4.45. The van der Waals surface area contributed by atoms with Crippen molar-refractivity contribution in [2.45, 2.75) is 0 Å². The van der Waals surface area contributed by atoms with Gasteiger partial charge in [0.25, 0.3) is 11.2 Å². The zero-order valence-corrected chi connectivity index (χ0v) is 10.8. The highest BCUT2D eigenvalue weighted by molar-refractivity contribution is 7.91. The van der Waals surface area contributed by atoms with E-state index in [1.807, 2.05) is 0 Å². The number of aromatic amines is 1. The quantitative estimate of drug-likeness (QED) is 0.555. The van der Waals surface area contributed by atoms with Gasteiger partial charge in [0.2, 0.25) is 10.0 Å². The molecule has 20 heavy (non-hydrogen) atoms. The summed E-state index contributed by atoms with van der Waals surface area (Å²) in [6.45, 7) is 0. The van der Waals surface area contributed by atoms with Gasteiger partial charge >= 0.3 is 5.69 Å². The largest absolute Gasteiger partial charge is 0.348 e. The van der Waals surface area contributed by atoms with Crippen LogP contribution in [0, 0.1) is 10.1 Å². The number of H-pyrrole nitrogens is 1. The number of nitro groups is 1. The third-order valence-electron chi connectivity index (χ3n) is 2.35. The lowest BCUT2D eigenvalue weighted by molar-refractivity contribution is -0.384. The summed E-state index contributed by atoms with van der Waals surface area (Å²) in [6, 6.07) is 3.22. The summed E-state index contributed by atoms with van der Waals surface area (Å²) in [4.78, 5) is 37.4. The Bertz CT molecular complexity index is 926. The Morgan fingerprint density at radius 1 is 1.35 bits per heavy atom. The monoisotopic (exact) mass is 300 g/mol. The van der Waals surface area contributed by atoms with Gasteiger partial charge in [-0.2, -0.15) is 4.68 Å². The van der Waals surface area contributed by atoms with Crippen molar-refractivity contribution < 1.29 is 13.3 Å². The third-order valence-corrected chi connectivity index (χ3v) is 2.86. The van der Waals surface area contributed by atoms with Crippen molar-refractivity contribution in [2.24, 2.45) is 0 Å². The Kier molecular flexibility index (Phi) is 3.06. The minimum absolute atomic E-state index is 0.0549. The lowest BCUT2D eigenvalue weighted by Gasteiger charge is -2.06. The van der Waals surface area contributed by atoms with E-state index in [1.165, 1.54) is 0 Å². The number of hydrogen-bond donors (Lipinski definition) is 2. The Morgan fingerprint density at radius 3 is 2.55 bits per heavy atom. The van der Waals surface area contributed by atoms with Crippen molar-refractivity contribution in [3.63, 3.8) is 0 Å². The van der Waals surface area contributed by atoms with E-state index in [0.717, 1.165) is 24.5 Å². The van der Waals surface area contributed by atoms with Crippen LogP contribution in [0.4, 0.5) is 5.69 Å². The molecule has 0 aliphatic rings. The average molecular weight is 300 g/mol. The van der Waals surface area contributed by atoms with E-state index >= 15 is 0 Å². The van der Waals surface area contributed by atoms with Crippen LogP contribution in [0.1, 0.15) is 0 Å². The number of nitrogens with one attached hydrogen (secondary N) is 2. The molecule has 106 valence electrons. The summed E-state index contributed by atoms with van der Waals surface area (Å²) in [5, 5.41) is 10.5. The van der Waals surface area contributed by atoms with Crippen molar-refractivity contribution >= 4 is 26.6 Å². The normalized spacial score (nSPS) is 11.4. The summed E-state index contributed by atoms with van der Waals surface area (Å²) < 4.78 is 22.4. The number of nitro benzene ring substituents is 1. The number of aromatic nitrogens is 2. The van der Waals surface area contributed by atoms with E-state index in [9.17, 15) is 28.1 Å². The van der Waals surface area contributed by atoms with Gasteiger partial charge in [0.15, 0.2) is 0 Å². The van der Waals surface area contributed by atoms with Crippen LogP contribution < -0.4 is 16.1 Å². The van der Waals surface area contributed by atoms with Crippen LogP contribution in [0.3, 0.4) is 0 Å². The number of nitrogens with zero attached hydrogens (tertiary/aromatic N) is 2. The molecule has 0 fully saturated rings. The fraction of sp³-hybridized carbons (Fsp3) is 0.111. The highest BCUT2D eigenvalue weighted by Crippen LogP contribution is 2.15. The maximum absolute atomic E-state index is 12.0. The molecule has 2 aromatic rings. The SMILES string of the molecule is CS(=O)(=O)Nn1c(=O)[nH]c2cc([N+](=O)[O-])ccc2c1=O. The van der Waals surface area contributed by atoms with Gasteiger partial charge in [0.1, 0.15) is 0 Å². The van der Waals surface area contributed by atoms with Crippen LogP contribution in [-0.2, 0) is 10.0 Å². The lowest BCUT2D eigenvalue weighted by atomic mass is 10.2. The van der Waals surface area contributed by atoms with Crippen LogP contribution >= 0.6 is 0 Å². The second-order valence-electron chi connectivity index (χ2n) is 3.92. The first kappa shape index (κ1) is 13.7. The zero-order valence-electron chi connectivity index (χ0n) is 9.98. The van der Waals surface area contributed by atoms with Gasteiger partial charge < -0.3 is 4.98 Å². The number of non-ortho nitro benzene ring substituents is 1. The molecule has 2 rings (SSSR count). The van der Waals surface area contributed by atoms with Crippen LogP contribution in [0.15, 0.2) is 27.8 Å². The molecule has 0 saturated carbocycles. The van der Waals surface area contributed by atoms with E-state index in [4.69, 9.17) is 0 Å². The molecule has 0 aliphatic carbocycles. The van der Waals surface area contributed by atoms with E-state index in [0.29, 0.717) is 0 Å². The first-order valence-electron chi connectivity index (χ1n) is 5.10. The fourth-order valence-corrected chi connectivity index (χ4v) is 2.07. The predicted octanol–water partition coefficient (Wildman–Crippen LogP) is -0.899. The molecule has 1 aromatic heterocycles. The Labute approximate surface area is 110 Å². The van der Waals surface area contributed by atoms with Crippen LogP contribution in [0.5, 0.6) is 0 Å². The topological polar surface area (TPSA) is 144 Å². The van der Waals surface area contributed by atoms with E-state index in [1.54, 1.807) is 4.83 Å². The van der Waals surface area contributed by atoms with Gasteiger partial charge in [-0.3, -0.25) is 14.9 Å². The van der Waals surface area contributed by atoms with Crippen LogP contribution in [0.2, 0.25) is 0 Å². The summed E-state index contributed by atoms with van der Waals surface area (Å²) in [5.74, 6) is 0. The maximum atomic E-state index is 12.0. The highest BCUT2D eigenvalue weighted by atomic mass is 32.2. The van der Waals surface area contributed by atoms with Crippen molar-refractivity contribution in [2.75, 3.05) is 11.1 Å². The molecule has 0 saturated heterocycles. The Morgan fingerprint density at radius 2 is 2.00 bits per heavy atom. The van der Waals surface area contributed by atoms with Crippen molar-refractivity contribution in [1.82, 2.24) is 9.66 Å². The molecule has 10 nitrogen and oxygen atoms in total.